The molecule has 0 heterocycles. The first-order valence-electron chi connectivity index (χ1n) is 6.24. The Kier molecular flexibility index (Phi) is 6.60. The number of carbonyl (C=O) groups is 2. The number of aryl methyl sites for hydroxylation is 1. The van der Waals surface area contributed by atoms with Gasteiger partial charge in [-0.25, -0.2) is 0 Å². The van der Waals surface area contributed by atoms with E-state index in [1.165, 1.54) is 0 Å². The van der Waals surface area contributed by atoms with Crippen molar-refractivity contribution in [2.45, 2.75) is 19.8 Å². The Hall–Kier alpha value is -1.88. The maximum absolute atomic E-state index is 11.6. The molecule has 0 radical (unpaired) electrons. The summed E-state index contributed by atoms with van der Waals surface area (Å²) in [7, 11) is 1.61. The largest absolute Gasteiger partial charge is 0.385 e. The minimum absolute atomic E-state index is 0.166. The molecule has 0 aliphatic carbocycles. The van der Waals surface area contributed by atoms with Crippen molar-refractivity contribution in [3.63, 3.8) is 0 Å². The van der Waals surface area contributed by atoms with Crippen molar-refractivity contribution < 1.29 is 14.3 Å². The van der Waals surface area contributed by atoms with Gasteiger partial charge in [0.25, 0.3) is 0 Å². The van der Waals surface area contributed by atoms with E-state index in [-0.39, 0.29) is 18.2 Å². The van der Waals surface area contributed by atoms with Gasteiger partial charge in [-0.3, -0.25) is 9.59 Å². The van der Waals surface area contributed by atoms with Crippen LogP contribution in [-0.4, -0.2) is 32.1 Å². The first kappa shape index (κ1) is 15.2. The molecule has 0 fully saturated rings. The zero-order valence-corrected chi connectivity index (χ0v) is 11.4. The highest BCUT2D eigenvalue weighted by Gasteiger charge is 2.08. The van der Waals surface area contributed by atoms with Gasteiger partial charge in [-0.2, -0.15) is 0 Å². The number of ether oxygens (including phenoxy) is 1. The summed E-state index contributed by atoms with van der Waals surface area (Å²) in [5.41, 5.74) is 1.76. The molecule has 0 aliphatic heterocycles. The first-order valence-corrected chi connectivity index (χ1v) is 6.24. The maximum atomic E-state index is 11.6. The van der Waals surface area contributed by atoms with Gasteiger partial charge in [0, 0.05) is 25.9 Å². The number of carbonyl (C=O) groups excluding carboxylic acids is 2. The van der Waals surface area contributed by atoms with E-state index in [2.05, 4.69) is 10.6 Å². The predicted octanol–water partition coefficient (Wildman–Crippen LogP) is 1.48. The number of anilines is 1. The summed E-state index contributed by atoms with van der Waals surface area (Å²) >= 11 is 0. The third kappa shape index (κ3) is 6.57. The lowest BCUT2D eigenvalue weighted by atomic mass is 10.2. The molecular formula is C14H20N2O3. The van der Waals surface area contributed by atoms with Crippen molar-refractivity contribution in [3.05, 3.63) is 29.8 Å². The van der Waals surface area contributed by atoms with Crippen LogP contribution in [-0.2, 0) is 14.3 Å². The molecule has 0 aliphatic rings. The van der Waals surface area contributed by atoms with E-state index in [0.717, 1.165) is 12.0 Å². The normalized spacial score (nSPS) is 10.0. The molecule has 0 saturated carbocycles. The summed E-state index contributed by atoms with van der Waals surface area (Å²) in [5, 5.41) is 5.36. The Morgan fingerprint density at radius 1 is 1.26 bits per heavy atom. The van der Waals surface area contributed by atoms with E-state index in [0.29, 0.717) is 18.8 Å². The minimum atomic E-state index is -0.310. The smallest absolute Gasteiger partial charge is 0.233 e. The van der Waals surface area contributed by atoms with Crippen LogP contribution in [0, 0.1) is 6.92 Å². The van der Waals surface area contributed by atoms with Gasteiger partial charge in [0.05, 0.1) is 0 Å². The molecule has 1 rings (SSSR count). The van der Waals surface area contributed by atoms with Crippen molar-refractivity contribution in [3.8, 4) is 0 Å². The maximum Gasteiger partial charge on any atom is 0.233 e. The number of methoxy groups -OCH3 is 1. The second kappa shape index (κ2) is 8.26. The van der Waals surface area contributed by atoms with Crippen LogP contribution >= 0.6 is 0 Å². The van der Waals surface area contributed by atoms with Crippen molar-refractivity contribution >= 4 is 17.5 Å². The number of rotatable bonds is 7. The molecule has 5 heteroatoms. The molecule has 5 nitrogen and oxygen atoms in total. The van der Waals surface area contributed by atoms with Crippen molar-refractivity contribution in [2.24, 2.45) is 0 Å². The molecule has 19 heavy (non-hydrogen) atoms. The summed E-state index contributed by atoms with van der Waals surface area (Å²) in [6.07, 6.45) is 0.572. The van der Waals surface area contributed by atoms with Crippen LogP contribution < -0.4 is 10.6 Å². The summed E-state index contributed by atoms with van der Waals surface area (Å²) < 4.78 is 4.86. The SMILES string of the molecule is COCCCNC(=O)CC(=O)Nc1cccc(C)c1. The van der Waals surface area contributed by atoms with Gasteiger partial charge in [0.1, 0.15) is 6.42 Å². The molecule has 0 saturated heterocycles. The molecule has 0 atom stereocenters. The number of benzene rings is 1. The van der Waals surface area contributed by atoms with Gasteiger partial charge in [-0.1, -0.05) is 12.1 Å². The fourth-order valence-corrected chi connectivity index (χ4v) is 1.58. The Bertz CT molecular complexity index is 432. The topological polar surface area (TPSA) is 67.4 Å². The van der Waals surface area contributed by atoms with Crippen molar-refractivity contribution in [1.29, 1.82) is 0 Å². The van der Waals surface area contributed by atoms with E-state index in [4.69, 9.17) is 4.74 Å². The van der Waals surface area contributed by atoms with Gasteiger partial charge >= 0.3 is 0 Å². The zero-order valence-electron chi connectivity index (χ0n) is 11.4. The Morgan fingerprint density at radius 3 is 2.74 bits per heavy atom. The lowest BCUT2D eigenvalue weighted by Gasteiger charge is -2.07. The molecule has 104 valence electrons. The van der Waals surface area contributed by atoms with Gasteiger partial charge in [0.2, 0.25) is 11.8 Å². The number of hydrogen-bond acceptors (Lipinski definition) is 3. The molecule has 0 unspecified atom stereocenters. The monoisotopic (exact) mass is 264 g/mol. The van der Waals surface area contributed by atoms with Gasteiger partial charge in [0.15, 0.2) is 0 Å². The molecule has 1 aromatic carbocycles. The van der Waals surface area contributed by atoms with Gasteiger partial charge < -0.3 is 15.4 Å². The molecule has 0 spiro atoms. The second-order valence-electron chi connectivity index (χ2n) is 4.29. The Balaban J connectivity index is 2.29. The summed E-state index contributed by atoms with van der Waals surface area (Å²) in [6, 6.07) is 7.45. The van der Waals surface area contributed by atoms with E-state index < -0.39 is 0 Å². The lowest BCUT2D eigenvalue weighted by Crippen LogP contribution is -2.29. The average molecular weight is 264 g/mol. The third-order valence-corrected chi connectivity index (χ3v) is 2.47. The minimum Gasteiger partial charge on any atom is -0.385 e. The molecule has 2 N–H and O–H groups in total. The van der Waals surface area contributed by atoms with Crippen LogP contribution in [0.15, 0.2) is 24.3 Å². The first-order chi connectivity index (χ1) is 9.11. The fourth-order valence-electron chi connectivity index (χ4n) is 1.58. The van der Waals surface area contributed by atoms with Crippen molar-refractivity contribution in [2.75, 3.05) is 25.6 Å². The number of hydrogen-bond donors (Lipinski definition) is 2. The highest BCUT2D eigenvalue weighted by Crippen LogP contribution is 2.09. The summed E-state index contributed by atoms with van der Waals surface area (Å²) in [6.45, 7) is 3.05. The third-order valence-electron chi connectivity index (χ3n) is 2.47. The van der Waals surface area contributed by atoms with Gasteiger partial charge in [-0.15, -0.1) is 0 Å². The molecule has 1 aromatic rings. The van der Waals surface area contributed by atoms with Crippen LogP contribution in [0.1, 0.15) is 18.4 Å². The molecule has 0 bridgehead atoms. The summed E-state index contributed by atoms with van der Waals surface area (Å²) in [5.74, 6) is -0.587. The molecule has 2 amide bonds. The van der Waals surface area contributed by atoms with E-state index >= 15 is 0 Å². The van der Waals surface area contributed by atoms with E-state index in [1.54, 1.807) is 13.2 Å². The van der Waals surface area contributed by atoms with Crippen LogP contribution in [0.5, 0.6) is 0 Å². The van der Waals surface area contributed by atoms with Crippen LogP contribution in [0.3, 0.4) is 0 Å². The van der Waals surface area contributed by atoms with Crippen LogP contribution in [0.2, 0.25) is 0 Å². The van der Waals surface area contributed by atoms with Crippen molar-refractivity contribution in [1.82, 2.24) is 5.32 Å². The number of amides is 2. The van der Waals surface area contributed by atoms with Crippen LogP contribution in [0.4, 0.5) is 5.69 Å². The molecule has 0 aromatic heterocycles. The molecular weight excluding hydrogens is 244 g/mol. The zero-order chi connectivity index (χ0) is 14.1. The lowest BCUT2D eigenvalue weighted by molar-refractivity contribution is -0.126. The van der Waals surface area contributed by atoms with Crippen LogP contribution in [0.25, 0.3) is 0 Å². The quantitative estimate of drug-likeness (QED) is 0.579. The highest BCUT2D eigenvalue weighted by atomic mass is 16.5. The Labute approximate surface area is 113 Å². The average Bonchev–Trinajstić information content (AvgIpc) is 2.34. The number of nitrogens with one attached hydrogen (secondary N) is 2. The predicted molar refractivity (Wildman–Crippen MR) is 73.9 cm³/mol. The van der Waals surface area contributed by atoms with E-state index in [9.17, 15) is 9.59 Å². The highest BCUT2D eigenvalue weighted by molar-refractivity contribution is 6.03. The Morgan fingerprint density at radius 2 is 2.05 bits per heavy atom. The summed E-state index contributed by atoms with van der Waals surface area (Å²) in [4.78, 5) is 23.1. The standard InChI is InChI=1S/C14H20N2O3/c1-11-5-3-6-12(9-11)16-14(18)10-13(17)15-7-4-8-19-2/h3,5-6,9H,4,7-8,10H2,1-2H3,(H,15,17)(H,16,18). The van der Waals surface area contributed by atoms with E-state index in [1.807, 2.05) is 25.1 Å². The second-order valence-corrected chi connectivity index (χ2v) is 4.29. The van der Waals surface area contributed by atoms with Gasteiger partial charge in [-0.05, 0) is 31.0 Å². The fraction of sp³-hybridized carbons (Fsp3) is 0.429.